The van der Waals surface area contributed by atoms with Gasteiger partial charge in [-0.25, -0.2) is 4.79 Å². The molecule has 1 aromatic rings. The maximum atomic E-state index is 12.8. The fourth-order valence-corrected chi connectivity index (χ4v) is 3.68. The summed E-state index contributed by atoms with van der Waals surface area (Å²) >= 11 is 0. The van der Waals surface area contributed by atoms with Gasteiger partial charge in [-0.15, -0.1) is 0 Å². The summed E-state index contributed by atoms with van der Waals surface area (Å²) in [6.45, 7) is 1.28. The van der Waals surface area contributed by atoms with E-state index in [0.717, 1.165) is 30.6 Å². The number of urea groups is 1. The van der Waals surface area contributed by atoms with Crippen molar-refractivity contribution in [2.45, 2.75) is 51.0 Å². The zero-order chi connectivity index (χ0) is 19.6. The van der Waals surface area contributed by atoms with Gasteiger partial charge >= 0.3 is 6.03 Å². The summed E-state index contributed by atoms with van der Waals surface area (Å²) < 4.78 is 0. The molecule has 0 aromatic heterocycles. The Balaban J connectivity index is 1.71. The lowest BCUT2D eigenvalue weighted by atomic mass is 9.90. The van der Waals surface area contributed by atoms with Crippen LogP contribution in [0.3, 0.4) is 0 Å². The van der Waals surface area contributed by atoms with E-state index in [1.165, 1.54) is 18.2 Å². The van der Waals surface area contributed by atoms with E-state index < -0.39 is 28.9 Å². The lowest BCUT2D eigenvalue weighted by Crippen LogP contribution is -2.47. The molecular formula is C18H22N4O5. The van der Waals surface area contributed by atoms with Crippen molar-refractivity contribution in [1.29, 1.82) is 0 Å². The molecule has 0 radical (unpaired) electrons. The van der Waals surface area contributed by atoms with Crippen LogP contribution >= 0.6 is 0 Å². The summed E-state index contributed by atoms with van der Waals surface area (Å²) in [6.07, 6.45) is 4.94. The number of nitrogens with zero attached hydrogens (tertiary/aromatic N) is 2. The first kappa shape index (κ1) is 18.8. The average molecular weight is 374 g/mol. The van der Waals surface area contributed by atoms with Gasteiger partial charge in [0.05, 0.1) is 10.6 Å². The second kappa shape index (κ2) is 7.34. The SMILES string of the molecule is Cc1ccc([N+](=O)[O-])cc1NC(=O)CN1C(=O)NC2(CCCCCC2)C1=O. The number of hydrogen-bond acceptors (Lipinski definition) is 5. The minimum Gasteiger partial charge on any atom is -0.324 e. The molecule has 1 saturated carbocycles. The van der Waals surface area contributed by atoms with Crippen LogP contribution in [0.1, 0.15) is 44.1 Å². The number of nitro groups is 1. The van der Waals surface area contributed by atoms with Gasteiger partial charge in [0.25, 0.3) is 11.6 Å². The predicted octanol–water partition coefficient (Wildman–Crippen LogP) is 2.49. The summed E-state index contributed by atoms with van der Waals surface area (Å²) in [7, 11) is 0. The third kappa shape index (κ3) is 3.76. The monoisotopic (exact) mass is 374 g/mol. The fraction of sp³-hybridized carbons (Fsp3) is 0.500. The summed E-state index contributed by atoms with van der Waals surface area (Å²) in [5.41, 5.74) is -0.116. The van der Waals surface area contributed by atoms with Crippen molar-refractivity contribution in [3.05, 3.63) is 33.9 Å². The molecule has 1 aliphatic heterocycles. The molecule has 1 aromatic carbocycles. The number of nitro benzene ring substituents is 1. The number of carbonyl (C=O) groups excluding carboxylic acids is 3. The Morgan fingerprint density at radius 1 is 1.26 bits per heavy atom. The number of anilines is 1. The molecule has 27 heavy (non-hydrogen) atoms. The molecule has 2 N–H and O–H groups in total. The van der Waals surface area contributed by atoms with Crippen molar-refractivity contribution in [2.75, 3.05) is 11.9 Å². The number of hydrogen-bond donors (Lipinski definition) is 2. The second-order valence-corrected chi connectivity index (χ2v) is 7.12. The molecule has 1 saturated heterocycles. The second-order valence-electron chi connectivity index (χ2n) is 7.12. The number of rotatable bonds is 4. The molecule has 3 rings (SSSR count). The molecule has 9 heteroatoms. The molecule has 144 valence electrons. The maximum absolute atomic E-state index is 12.8. The van der Waals surface area contributed by atoms with Crippen LogP contribution in [0.15, 0.2) is 18.2 Å². The Morgan fingerprint density at radius 2 is 1.93 bits per heavy atom. The third-order valence-corrected chi connectivity index (χ3v) is 5.21. The normalized spacial score (nSPS) is 18.9. The number of aryl methyl sites for hydroxylation is 1. The average Bonchev–Trinajstić information content (AvgIpc) is 2.79. The number of nitrogens with one attached hydrogen (secondary N) is 2. The van der Waals surface area contributed by atoms with Crippen molar-refractivity contribution in [3.63, 3.8) is 0 Å². The van der Waals surface area contributed by atoms with Crippen LogP contribution in [0.5, 0.6) is 0 Å². The van der Waals surface area contributed by atoms with Crippen LogP contribution in [-0.2, 0) is 9.59 Å². The molecule has 1 spiro atoms. The summed E-state index contributed by atoms with van der Waals surface area (Å²) in [4.78, 5) is 48.8. The Kier molecular flexibility index (Phi) is 5.11. The first-order valence-electron chi connectivity index (χ1n) is 9.01. The molecule has 9 nitrogen and oxygen atoms in total. The molecule has 0 unspecified atom stereocenters. The first-order chi connectivity index (χ1) is 12.8. The fourth-order valence-electron chi connectivity index (χ4n) is 3.68. The van der Waals surface area contributed by atoms with Crippen LogP contribution in [0.25, 0.3) is 0 Å². The molecule has 0 bridgehead atoms. The summed E-state index contributed by atoms with van der Waals surface area (Å²) in [6, 6.07) is 3.57. The number of amides is 4. The molecule has 4 amide bonds. The van der Waals surface area contributed by atoms with Crippen LogP contribution in [0, 0.1) is 17.0 Å². The smallest absolute Gasteiger partial charge is 0.324 e. The Morgan fingerprint density at radius 3 is 2.56 bits per heavy atom. The first-order valence-corrected chi connectivity index (χ1v) is 9.01. The molecule has 2 fully saturated rings. The molecular weight excluding hydrogens is 352 g/mol. The van der Waals surface area contributed by atoms with Gasteiger partial charge in [0.15, 0.2) is 0 Å². The van der Waals surface area contributed by atoms with Gasteiger partial charge in [-0.1, -0.05) is 31.7 Å². The highest BCUT2D eigenvalue weighted by Crippen LogP contribution is 2.32. The van der Waals surface area contributed by atoms with Crippen molar-refractivity contribution >= 4 is 29.2 Å². The van der Waals surface area contributed by atoms with E-state index in [0.29, 0.717) is 18.4 Å². The highest BCUT2D eigenvalue weighted by Gasteiger charge is 2.51. The van der Waals surface area contributed by atoms with E-state index >= 15 is 0 Å². The topological polar surface area (TPSA) is 122 Å². The number of non-ortho nitro benzene ring substituents is 1. The molecule has 2 aliphatic rings. The number of benzene rings is 1. The summed E-state index contributed by atoms with van der Waals surface area (Å²) in [5, 5.41) is 16.2. The van der Waals surface area contributed by atoms with Crippen LogP contribution < -0.4 is 10.6 Å². The maximum Gasteiger partial charge on any atom is 0.325 e. The van der Waals surface area contributed by atoms with Gasteiger partial charge in [-0.2, -0.15) is 0 Å². The van der Waals surface area contributed by atoms with E-state index in [9.17, 15) is 24.5 Å². The highest BCUT2D eigenvalue weighted by molar-refractivity contribution is 6.10. The molecule has 1 heterocycles. The van der Waals surface area contributed by atoms with Gasteiger partial charge in [-0.3, -0.25) is 24.6 Å². The number of imide groups is 1. The quantitative estimate of drug-likeness (QED) is 0.476. The van der Waals surface area contributed by atoms with Crippen molar-refractivity contribution in [1.82, 2.24) is 10.2 Å². The van der Waals surface area contributed by atoms with Crippen LogP contribution in [0.2, 0.25) is 0 Å². The van der Waals surface area contributed by atoms with Crippen LogP contribution in [-0.4, -0.2) is 39.8 Å². The van der Waals surface area contributed by atoms with Crippen molar-refractivity contribution in [2.24, 2.45) is 0 Å². The van der Waals surface area contributed by atoms with Crippen molar-refractivity contribution in [3.8, 4) is 0 Å². The standard InChI is InChI=1S/C18H22N4O5/c1-12-6-7-13(22(26)27)10-14(12)19-15(23)11-21-16(24)18(20-17(21)25)8-4-2-3-5-9-18/h6-7,10H,2-5,8-9,11H2,1H3,(H,19,23)(H,20,25). The Labute approximate surface area is 156 Å². The van der Waals surface area contributed by atoms with E-state index in [1.807, 2.05) is 0 Å². The van der Waals surface area contributed by atoms with Gasteiger partial charge in [0.1, 0.15) is 12.1 Å². The van der Waals surface area contributed by atoms with E-state index in [1.54, 1.807) is 6.92 Å². The van der Waals surface area contributed by atoms with Gasteiger partial charge in [0.2, 0.25) is 5.91 Å². The highest BCUT2D eigenvalue weighted by atomic mass is 16.6. The number of carbonyl (C=O) groups is 3. The predicted molar refractivity (Wildman–Crippen MR) is 97.1 cm³/mol. The van der Waals surface area contributed by atoms with E-state index in [4.69, 9.17) is 0 Å². The van der Waals surface area contributed by atoms with Gasteiger partial charge in [0, 0.05) is 12.1 Å². The van der Waals surface area contributed by atoms with Gasteiger partial charge < -0.3 is 10.6 Å². The minimum absolute atomic E-state index is 0.150. The van der Waals surface area contributed by atoms with E-state index in [-0.39, 0.29) is 17.3 Å². The van der Waals surface area contributed by atoms with Crippen LogP contribution in [0.4, 0.5) is 16.2 Å². The zero-order valence-electron chi connectivity index (χ0n) is 15.1. The summed E-state index contributed by atoms with van der Waals surface area (Å²) in [5.74, 6) is -0.937. The molecule has 0 atom stereocenters. The Bertz CT molecular complexity index is 799. The zero-order valence-corrected chi connectivity index (χ0v) is 15.1. The molecule has 1 aliphatic carbocycles. The third-order valence-electron chi connectivity index (χ3n) is 5.21. The van der Waals surface area contributed by atoms with E-state index in [2.05, 4.69) is 10.6 Å². The van der Waals surface area contributed by atoms with Crippen molar-refractivity contribution < 1.29 is 19.3 Å². The largest absolute Gasteiger partial charge is 0.325 e. The van der Waals surface area contributed by atoms with Gasteiger partial charge in [-0.05, 0) is 25.3 Å². The lowest BCUT2D eigenvalue weighted by Gasteiger charge is -2.24. The Hall–Kier alpha value is -2.97. The lowest BCUT2D eigenvalue weighted by molar-refractivity contribution is -0.384. The minimum atomic E-state index is -0.894.